The molecule has 0 bridgehead atoms. The van der Waals surface area contributed by atoms with Crippen LogP contribution in [0.5, 0.6) is 11.5 Å². The lowest BCUT2D eigenvalue weighted by molar-refractivity contribution is 0.294. The average molecular weight is 449 g/mol. The Morgan fingerprint density at radius 2 is 1.44 bits per heavy atom. The third kappa shape index (κ3) is 4.12. The highest BCUT2D eigenvalue weighted by molar-refractivity contribution is 5.67. The van der Waals surface area contributed by atoms with Crippen LogP contribution in [-0.4, -0.2) is 13.2 Å². The van der Waals surface area contributed by atoms with E-state index < -0.39 is 23.3 Å². The van der Waals surface area contributed by atoms with Crippen LogP contribution in [0.15, 0.2) is 35.9 Å². The van der Waals surface area contributed by atoms with Crippen LogP contribution < -0.4 is 9.47 Å². The zero-order valence-corrected chi connectivity index (χ0v) is 18.4. The van der Waals surface area contributed by atoms with Gasteiger partial charge in [0.25, 0.3) is 0 Å². The zero-order valence-electron chi connectivity index (χ0n) is 18.4. The SMILES string of the molecule is CCCC1CCC2C(COc3ccc(-c4ccc(OCC)c(F)c4F)c(F)c3F)=CCC12. The second-order valence-electron chi connectivity index (χ2n) is 8.61. The Morgan fingerprint density at radius 1 is 0.812 bits per heavy atom. The van der Waals surface area contributed by atoms with E-state index in [9.17, 15) is 17.6 Å². The predicted octanol–water partition coefficient (Wildman–Crippen LogP) is 7.46. The first-order chi connectivity index (χ1) is 15.5. The fraction of sp³-hybridized carbons (Fsp3) is 0.462. The maximum atomic E-state index is 14.8. The van der Waals surface area contributed by atoms with Crippen LogP contribution >= 0.6 is 0 Å². The van der Waals surface area contributed by atoms with E-state index in [0.717, 1.165) is 24.3 Å². The summed E-state index contributed by atoms with van der Waals surface area (Å²) in [5.41, 5.74) is 0.410. The van der Waals surface area contributed by atoms with Crippen molar-refractivity contribution in [1.82, 2.24) is 0 Å². The van der Waals surface area contributed by atoms with Crippen LogP contribution in [0.4, 0.5) is 17.6 Å². The molecule has 172 valence electrons. The van der Waals surface area contributed by atoms with Gasteiger partial charge in [-0.15, -0.1) is 0 Å². The van der Waals surface area contributed by atoms with Gasteiger partial charge in [-0.3, -0.25) is 0 Å². The highest BCUT2D eigenvalue weighted by Crippen LogP contribution is 2.49. The molecule has 2 aliphatic rings. The molecule has 4 rings (SSSR count). The van der Waals surface area contributed by atoms with Gasteiger partial charge in [-0.2, -0.15) is 8.78 Å². The summed E-state index contributed by atoms with van der Waals surface area (Å²) in [6.07, 6.45) is 7.93. The van der Waals surface area contributed by atoms with Crippen molar-refractivity contribution >= 4 is 0 Å². The molecule has 0 heterocycles. The molecule has 6 heteroatoms. The number of benzene rings is 2. The monoisotopic (exact) mass is 448 g/mol. The number of allylic oxidation sites excluding steroid dienone is 1. The van der Waals surface area contributed by atoms with E-state index >= 15 is 0 Å². The van der Waals surface area contributed by atoms with Crippen molar-refractivity contribution in [1.29, 1.82) is 0 Å². The van der Waals surface area contributed by atoms with Gasteiger partial charge in [-0.1, -0.05) is 25.8 Å². The van der Waals surface area contributed by atoms with Gasteiger partial charge < -0.3 is 9.47 Å². The van der Waals surface area contributed by atoms with Gasteiger partial charge in [0.2, 0.25) is 11.6 Å². The first kappa shape index (κ1) is 22.7. The van der Waals surface area contributed by atoms with Crippen molar-refractivity contribution in [3.63, 3.8) is 0 Å². The molecule has 3 unspecified atom stereocenters. The normalized spacial score (nSPS) is 22.1. The molecule has 0 aromatic heterocycles. The van der Waals surface area contributed by atoms with Crippen LogP contribution in [-0.2, 0) is 0 Å². The smallest absolute Gasteiger partial charge is 0.201 e. The predicted molar refractivity (Wildman–Crippen MR) is 116 cm³/mol. The van der Waals surface area contributed by atoms with Gasteiger partial charge in [0.05, 0.1) is 6.61 Å². The van der Waals surface area contributed by atoms with Crippen LogP contribution in [0, 0.1) is 41.0 Å². The van der Waals surface area contributed by atoms with E-state index in [1.807, 2.05) is 0 Å². The summed E-state index contributed by atoms with van der Waals surface area (Å²) in [5, 5.41) is 0. The van der Waals surface area contributed by atoms with E-state index in [0.29, 0.717) is 11.8 Å². The van der Waals surface area contributed by atoms with Gasteiger partial charge in [-0.05, 0) is 73.8 Å². The summed E-state index contributed by atoms with van der Waals surface area (Å²) in [6.45, 7) is 4.20. The van der Waals surface area contributed by atoms with Gasteiger partial charge in [-0.25, -0.2) is 8.78 Å². The lowest BCUT2D eigenvalue weighted by Crippen LogP contribution is -2.14. The Kier molecular flexibility index (Phi) is 6.77. The Hall–Kier alpha value is -2.50. The van der Waals surface area contributed by atoms with Crippen molar-refractivity contribution in [3.8, 4) is 22.6 Å². The number of ether oxygens (including phenoxy) is 2. The maximum Gasteiger partial charge on any atom is 0.201 e. The number of hydrogen-bond acceptors (Lipinski definition) is 2. The van der Waals surface area contributed by atoms with E-state index in [4.69, 9.17) is 9.47 Å². The van der Waals surface area contributed by atoms with Crippen molar-refractivity contribution in [2.45, 2.75) is 46.0 Å². The number of hydrogen-bond donors (Lipinski definition) is 0. The third-order valence-corrected chi connectivity index (χ3v) is 6.84. The van der Waals surface area contributed by atoms with Crippen molar-refractivity contribution < 1.29 is 27.0 Å². The fourth-order valence-corrected chi connectivity index (χ4v) is 5.32. The molecular formula is C26H28F4O2. The second-order valence-corrected chi connectivity index (χ2v) is 8.61. The quantitative estimate of drug-likeness (QED) is 0.308. The topological polar surface area (TPSA) is 18.5 Å². The Bertz CT molecular complexity index is 1020. The lowest BCUT2D eigenvalue weighted by atomic mass is 9.87. The van der Waals surface area contributed by atoms with E-state index in [1.165, 1.54) is 43.5 Å². The molecule has 0 spiro atoms. The first-order valence-corrected chi connectivity index (χ1v) is 11.4. The summed E-state index contributed by atoms with van der Waals surface area (Å²) in [4.78, 5) is 0. The van der Waals surface area contributed by atoms with E-state index in [1.54, 1.807) is 6.92 Å². The van der Waals surface area contributed by atoms with Gasteiger partial charge in [0.15, 0.2) is 23.1 Å². The molecule has 0 saturated heterocycles. The molecule has 1 saturated carbocycles. The molecule has 0 N–H and O–H groups in total. The molecule has 1 fully saturated rings. The van der Waals surface area contributed by atoms with Crippen molar-refractivity contribution in [2.75, 3.05) is 13.2 Å². The molecule has 0 radical (unpaired) electrons. The Morgan fingerprint density at radius 3 is 2.03 bits per heavy atom. The number of halogens is 4. The maximum absolute atomic E-state index is 14.8. The van der Waals surface area contributed by atoms with Gasteiger partial charge in [0, 0.05) is 11.1 Å². The molecule has 0 amide bonds. The van der Waals surface area contributed by atoms with Crippen LogP contribution in [0.25, 0.3) is 11.1 Å². The number of fused-ring (bicyclic) bond motifs is 1. The minimum atomic E-state index is -1.28. The molecule has 2 aromatic carbocycles. The molecular weight excluding hydrogens is 420 g/mol. The minimum absolute atomic E-state index is 0.155. The Balaban J connectivity index is 1.49. The summed E-state index contributed by atoms with van der Waals surface area (Å²) < 4.78 is 68.8. The summed E-state index contributed by atoms with van der Waals surface area (Å²) in [7, 11) is 0. The van der Waals surface area contributed by atoms with Crippen molar-refractivity contribution in [2.24, 2.45) is 17.8 Å². The average Bonchev–Trinajstić information content (AvgIpc) is 3.37. The highest BCUT2D eigenvalue weighted by Gasteiger charge is 2.40. The first-order valence-electron chi connectivity index (χ1n) is 11.4. The standard InChI is InChI=1S/C26H28F4O2/c1-3-5-15-6-8-18-16(7-9-17(15)18)14-32-22-13-11-20(24(28)26(22)30)19-10-12-21(31-4-2)25(29)23(19)27/h7,10-13,15,17-18H,3-6,8-9,14H2,1-2H3. The molecule has 32 heavy (non-hydrogen) atoms. The van der Waals surface area contributed by atoms with E-state index in [-0.39, 0.29) is 35.8 Å². The third-order valence-electron chi connectivity index (χ3n) is 6.84. The van der Waals surface area contributed by atoms with Gasteiger partial charge >= 0.3 is 0 Å². The molecule has 2 aliphatic carbocycles. The lowest BCUT2D eigenvalue weighted by Gasteiger charge is -2.20. The summed E-state index contributed by atoms with van der Waals surface area (Å²) in [5.74, 6) is -3.67. The minimum Gasteiger partial charge on any atom is -0.491 e. The Labute approximate surface area is 186 Å². The van der Waals surface area contributed by atoms with Crippen LogP contribution in [0.2, 0.25) is 0 Å². The van der Waals surface area contributed by atoms with Crippen LogP contribution in [0.1, 0.15) is 46.0 Å². The largest absolute Gasteiger partial charge is 0.491 e. The second kappa shape index (κ2) is 9.55. The van der Waals surface area contributed by atoms with Crippen LogP contribution in [0.3, 0.4) is 0 Å². The zero-order chi connectivity index (χ0) is 22.8. The fourth-order valence-electron chi connectivity index (χ4n) is 5.32. The summed E-state index contributed by atoms with van der Waals surface area (Å²) in [6, 6.07) is 4.86. The van der Waals surface area contributed by atoms with Gasteiger partial charge in [0.1, 0.15) is 6.61 Å². The van der Waals surface area contributed by atoms with E-state index in [2.05, 4.69) is 13.0 Å². The molecule has 2 aromatic rings. The number of rotatable bonds is 8. The molecule has 3 atom stereocenters. The summed E-state index contributed by atoms with van der Waals surface area (Å²) >= 11 is 0. The van der Waals surface area contributed by atoms with Crippen molar-refractivity contribution in [3.05, 3.63) is 59.2 Å². The molecule has 0 aliphatic heterocycles. The molecule has 2 nitrogen and oxygen atoms in total. The highest BCUT2D eigenvalue weighted by atomic mass is 19.2.